The Morgan fingerprint density at radius 1 is 0.972 bits per heavy atom. The van der Waals surface area contributed by atoms with Crippen molar-refractivity contribution >= 4 is 34.2 Å². The summed E-state index contributed by atoms with van der Waals surface area (Å²) in [5, 5.41) is 8.81. The van der Waals surface area contributed by atoms with Gasteiger partial charge in [0.05, 0.1) is 6.54 Å². The summed E-state index contributed by atoms with van der Waals surface area (Å²) in [5.41, 5.74) is 6.83. The first kappa shape index (κ1) is 23.8. The van der Waals surface area contributed by atoms with Crippen molar-refractivity contribution in [3.63, 3.8) is 0 Å². The number of rotatable bonds is 6. The van der Waals surface area contributed by atoms with Gasteiger partial charge in [-0.3, -0.25) is 9.48 Å². The van der Waals surface area contributed by atoms with E-state index in [0.717, 1.165) is 34.3 Å². The van der Waals surface area contributed by atoms with E-state index in [9.17, 15) is 9.18 Å². The van der Waals surface area contributed by atoms with Gasteiger partial charge in [-0.25, -0.2) is 4.39 Å². The lowest BCUT2D eigenvalue weighted by atomic mass is 10.1. The molecule has 0 unspecified atom stereocenters. The lowest BCUT2D eigenvalue weighted by molar-refractivity contribution is 0.102. The Morgan fingerprint density at radius 3 is 2.50 bits per heavy atom. The number of aryl methyl sites for hydroxylation is 2. The van der Waals surface area contributed by atoms with Gasteiger partial charge in [0.2, 0.25) is 0 Å². The highest BCUT2D eigenvalue weighted by Gasteiger charge is 2.16. The molecule has 0 aliphatic heterocycles. The van der Waals surface area contributed by atoms with E-state index in [1.165, 1.54) is 23.4 Å². The van der Waals surface area contributed by atoms with Crippen LogP contribution < -0.4 is 5.32 Å². The Morgan fingerprint density at radius 2 is 1.75 bits per heavy atom. The smallest absolute Gasteiger partial charge is 0.256 e. The summed E-state index contributed by atoms with van der Waals surface area (Å²) in [4.78, 5) is 13.1. The van der Waals surface area contributed by atoms with Gasteiger partial charge in [-0.15, -0.1) is 0 Å². The number of fused-ring (bicyclic) bond motifs is 1. The molecule has 0 aliphatic rings. The molecule has 0 spiro atoms. The molecule has 7 heteroatoms. The summed E-state index contributed by atoms with van der Waals surface area (Å²) in [6, 6.07) is 22.2. The van der Waals surface area contributed by atoms with Gasteiger partial charge in [0.15, 0.2) is 5.82 Å². The molecule has 36 heavy (non-hydrogen) atoms. The highest BCUT2D eigenvalue weighted by atomic mass is 35.5. The first-order valence-corrected chi connectivity index (χ1v) is 12.1. The SMILES string of the molecule is Cc1c(C)n(Cc2ccccc2)c2ccc(C(=O)Nc3cc(C)n(Cc4ccc(F)cc4Cl)n3)cc12. The lowest BCUT2D eigenvalue weighted by Gasteiger charge is -2.09. The summed E-state index contributed by atoms with van der Waals surface area (Å²) in [6.45, 7) is 7.25. The van der Waals surface area contributed by atoms with Crippen molar-refractivity contribution in [2.45, 2.75) is 33.9 Å². The van der Waals surface area contributed by atoms with Crippen LogP contribution in [0.3, 0.4) is 0 Å². The maximum absolute atomic E-state index is 13.4. The average Bonchev–Trinajstić information content (AvgIpc) is 3.32. The molecule has 2 heterocycles. The standard InChI is InChI=1S/C29H26ClFN4O/c1-18-13-28(33-35(18)17-23-9-11-24(31)15-26(23)30)32-29(36)22-10-12-27-25(14-22)19(2)20(3)34(27)16-21-7-5-4-6-8-21/h4-15H,16-17H2,1-3H3,(H,32,33,36). The number of hydrogen-bond acceptors (Lipinski definition) is 2. The predicted molar refractivity (Wildman–Crippen MR) is 142 cm³/mol. The van der Waals surface area contributed by atoms with Crippen molar-refractivity contribution in [1.82, 2.24) is 14.3 Å². The zero-order valence-corrected chi connectivity index (χ0v) is 21.1. The minimum atomic E-state index is -0.383. The number of aromatic nitrogens is 3. The zero-order valence-electron chi connectivity index (χ0n) is 20.3. The largest absolute Gasteiger partial charge is 0.340 e. The first-order chi connectivity index (χ1) is 17.3. The van der Waals surface area contributed by atoms with Gasteiger partial charge < -0.3 is 9.88 Å². The van der Waals surface area contributed by atoms with Crippen LogP contribution in [-0.4, -0.2) is 20.3 Å². The van der Waals surface area contributed by atoms with Gasteiger partial charge >= 0.3 is 0 Å². The van der Waals surface area contributed by atoms with Crippen molar-refractivity contribution in [3.8, 4) is 0 Å². The van der Waals surface area contributed by atoms with Crippen molar-refractivity contribution < 1.29 is 9.18 Å². The van der Waals surface area contributed by atoms with E-state index in [4.69, 9.17) is 11.6 Å². The Labute approximate surface area is 214 Å². The number of carbonyl (C=O) groups is 1. The van der Waals surface area contributed by atoms with Gasteiger partial charge in [-0.05, 0) is 67.8 Å². The van der Waals surface area contributed by atoms with Crippen LogP contribution in [0.4, 0.5) is 10.2 Å². The van der Waals surface area contributed by atoms with Crippen LogP contribution in [0.5, 0.6) is 0 Å². The van der Waals surface area contributed by atoms with Crippen LogP contribution in [-0.2, 0) is 13.1 Å². The number of carbonyl (C=O) groups excluding carboxylic acids is 1. The predicted octanol–water partition coefficient (Wildman–Crippen LogP) is 6.90. The molecule has 5 aromatic rings. The maximum Gasteiger partial charge on any atom is 0.256 e. The Hall–Kier alpha value is -3.90. The second kappa shape index (κ2) is 9.63. The Kier molecular flexibility index (Phi) is 6.37. The summed E-state index contributed by atoms with van der Waals surface area (Å²) < 4.78 is 17.4. The summed E-state index contributed by atoms with van der Waals surface area (Å²) in [5.74, 6) is -0.161. The van der Waals surface area contributed by atoms with Crippen molar-refractivity contribution in [1.29, 1.82) is 0 Å². The maximum atomic E-state index is 13.4. The molecule has 0 saturated heterocycles. The molecular formula is C29H26ClFN4O. The normalized spacial score (nSPS) is 11.2. The van der Waals surface area contributed by atoms with Crippen LogP contribution in [0.1, 0.15) is 38.4 Å². The third kappa shape index (κ3) is 4.64. The third-order valence-electron chi connectivity index (χ3n) is 6.64. The number of nitrogens with zero attached hydrogens (tertiary/aromatic N) is 3. The average molecular weight is 501 g/mol. The molecule has 0 aliphatic carbocycles. The molecule has 2 aromatic heterocycles. The van der Waals surface area contributed by atoms with Crippen LogP contribution >= 0.6 is 11.6 Å². The summed E-state index contributed by atoms with van der Waals surface area (Å²) in [6.07, 6.45) is 0. The summed E-state index contributed by atoms with van der Waals surface area (Å²) in [7, 11) is 0. The number of halogens is 2. The van der Waals surface area contributed by atoms with Gasteiger partial charge in [0.1, 0.15) is 5.82 Å². The van der Waals surface area contributed by atoms with E-state index in [-0.39, 0.29) is 11.7 Å². The number of anilines is 1. The molecule has 0 bridgehead atoms. The second-order valence-corrected chi connectivity index (χ2v) is 9.44. The first-order valence-electron chi connectivity index (χ1n) is 11.7. The second-order valence-electron chi connectivity index (χ2n) is 9.03. The van der Waals surface area contributed by atoms with Crippen LogP contribution in [0.25, 0.3) is 10.9 Å². The zero-order chi connectivity index (χ0) is 25.4. The molecular weight excluding hydrogens is 475 g/mol. The Balaban J connectivity index is 1.37. The van der Waals surface area contributed by atoms with Crippen LogP contribution in [0.2, 0.25) is 5.02 Å². The topological polar surface area (TPSA) is 51.9 Å². The number of nitrogens with one attached hydrogen (secondary N) is 1. The molecule has 0 atom stereocenters. The highest BCUT2D eigenvalue weighted by molar-refractivity contribution is 6.31. The van der Waals surface area contributed by atoms with E-state index >= 15 is 0 Å². The number of hydrogen-bond donors (Lipinski definition) is 1. The molecule has 0 saturated carbocycles. The fourth-order valence-corrected chi connectivity index (χ4v) is 4.72. The molecule has 182 valence electrons. The van der Waals surface area contributed by atoms with E-state index < -0.39 is 0 Å². The Bertz CT molecular complexity index is 1590. The monoisotopic (exact) mass is 500 g/mol. The minimum absolute atomic E-state index is 0.228. The number of benzene rings is 3. The van der Waals surface area contributed by atoms with Crippen molar-refractivity contribution in [2.24, 2.45) is 0 Å². The molecule has 3 aromatic carbocycles. The van der Waals surface area contributed by atoms with Crippen LogP contribution in [0, 0.1) is 26.6 Å². The van der Waals surface area contributed by atoms with Gasteiger partial charge in [-0.2, -0.15) is 5.10 Å². The van der Waals surface area contributed by atoms with Crippen molar-refractivity contribution in [2.75, 3.05) is 5.32 Å². The van der Waals surface area contributed by atoms with Gasteiger partial charge in [0.25, 0.3) is 5.91 Å². The molecule has 5 rings (SSSR count). The van der Waals surface area contributed by atoms with E-state index in [2.05, 4.69) is 41.0 Å². The molecule has 5 nitrogen and oxygen atoms in total. The molecule has 0 radical (unpaired) electrons. The minimum Gasteiger partial charge on any atom is -0.340 e. The van der Waals surface area contributed by atoms with E-state index in [1.54, 1.807) is 16.8 Å². The van der Waals surface area contributed by atoms with Gasteiger partial charge in [0, 0.05) is 45.5 Å². The fraction of sp³-hybridized carbons (Fsp3) is 0.172. The van der Waals surface area contributed by atoms with E-state index in [1.807, 2.05) is 43.3 Å². The van der Waals surface area contributed by atoms with E-state index in [0.29, 0.717) is 22.9 Å². The third-order valence-corrected chi connectivity index (χ3v) is 6.99. The molecule has 0 fully saturated rings. The van der Waals surface area contributed by atoms with Gasteiger partial charge in [-0.1, -0.05) is 48.0 Å². The lowest BCUT2D eigenvalue weighted by Crippen LogP contribution is -2.13. The van der Waals surface area contributed by atoms with Crippen molar-refractivity contribution in [3.05, 3.63) is 117 Å². The number of amides is 1. The fourth-order valence-electron chi connectivity index (χ4n) is 4.49. The molecule has 1 N–H and O–H groups in total. The molecule has 1 amide bonds. The highest BCUT2D eigenvalue weighted by Crippen LogP contribution is 2.28. The summed E-state index contributed by atoms with van der Waals surface area (Å²) >= 11 is 6.17. The quantitative estimate of drug-likeness (QED) is 0.275. The van der Waals surface area contributed by atoms with Crippen LogP contribution in [0.15, 0.2) is 72.8 Å².